The Morgan fingerprint density at radius 2 is 2.09 bits per heavy atom. The van der Waals surface area contributed by atoms with Gasteiger partial charge < -0.3 is 0 Å². The van der Waals surface area contributed by atoms with Crippen LogP contribution in [0, 0.1) is 18.8 Å². The minimum Gasteiger partial charge on any atom is -0.266 e. The molecule has 114 valence electrons. The number of nitrogens with zero attached hydrogens (tertiary/aromatic N) is 2. The summed E-state index contributed by atoms with van der Waals surface area (Å²) in [6.07, 6.45) is 6.82. The Hall–Kier alpha value is -1.75. The maximum atomic E-state index is 12.2. The van der Waals surface area contributed by atoms with Crippen LogP contribution in [0.4, 0.5) is 0 Å². The quantitative estimate of drug-likeness (QED) is 0.696. The molecule has 0 amide bonds. The van der Waals surface area contributed by atoms with Gasteiger partial charge in [-0.05, 0) is 37.2 Å². The van der Waals surface area contributed by atoms with Gasteiger partial charge >= 0.3 is 5.69 Å². The third kappa shape index (κ3) is 2.43. The second-order valence-electron chi connectivity index (χ2n) is 6.30. The summed E-state index contributed by atoms with van der Waals surface area (Å²) in [7, 11) is 0. The molecule has 1 aromatic carbocycles. The van der Waals surface area contributed by atoms with Crippen molar-refractivity contribution in [2.45, 2.75) is 36.7 Å². The average molecular weight is 313 g/mol. The van der Waals surface area contributed by atoms with Crippen molar-refractivity contribution in [2.24, 2.45) is 11.8 Å². The van der Waals surface area contributed by atoms with E-state index in [9.17, 15) is 4.79 Å². The highest BCUT2D eigenvalue weighted by atomic mass is 32.2. The van der Waals surface area contributed by atoms with Crippen molar-refractivity contribution in [1.29, 1.82) is 0 Å². The fraction of sp³-hybridized carbons (Fsp3) is 0.412. The molecule has 5 heteroatoms. The summed E-state index contributed by atoms with van der Waals surface area (Å²) in [4.78, 5) is 12.2. The summed E-state index contributed by atoms with van der Waals surface area (Å²) < 4.78 is 1.88. The van der Waals surface area contributed by atoms with Crippen molar-refractivity contribution in [1.82, 2.24) is 14.8 Å². The van der Waals surface area contributed by atoms with E-state index < -0.39 is 0 Å². The number of rotatable bonds is 4. The normalized spacial score (nSPS) is 26.0. The van der Waals surface area contributed by atoms with Gasteiger partial charge in [0.2, 0.25) is 0 Å². The lowest BCUT2D eigenvalue weighted by atomic mass is 10.0. The molecular formula is C17H19N3OS. The van der Waals surface area contributed by atoms with E-state index in [0.29, 0.717) is 11.8 Å². The number of H-pyrrole nitrogens is 1. The lowest BCUT2D eigenvalue weighted by molar-refractivity contribution is 0.396. The predicted octanol–water partition coefficient (Wildman–Crippen LogP) is 3.31. The van der Waals surface area contributed by atoms with Crippen LogP contribution in [0.3, 0.4) is 0 Å². The molecular weight excluding hydrogens is 294 g/mol. The number of aromatic amines is 1. The predicted molar refractivity (Wildman–Crippen MR) is 88.0 cm³/mol. The molecule has 1 saturated carbocycles. The lowest BCUT2D eigenvalue weighted by Crippen LogP contribution is -2.25. The Kier molecular flexibility index (Phi) is 3.45. The Labute approximate surface area is 133 Å². The summed E-state index contributed by atoms with van der Waals surface area (Å²) in [5.41, 5.74) is 2.45. The Bertz CT molecular complexity index is 759. The number of benzene rings is 1. The monoisotopic (exact) mass is 313 g/mol. The first-order valence-corrected chi connectivity index (χ1v) is 8.73. The zero-order chi connectivity index (χ0) is 15.1. The van der Waals surface area contributed by atoms with Gasteiger partial charge in [0, 0.05) is 11.8 Å². The van der Waals surface area contributed by atoms with E-state index in [0.717, 1.165) is 17.3 Å². The molecule has 2 aromatic rings. The highest BCUT2D eigenvalue weighted by Crippen LogP contribution is 2.46. The molecule has 2 aliphatic carbocycles. The van der Waals surface area contributed by atoms with Crippen molar-refractivity contribution >= 4 is 11.8 Å². The van der Waals surface area contributed by atoms with Gasteiger partial charge in [-0.15, -0.1) is 5.10 Å². The molecule has 2 bridgehead atoms. The second kappa shape index (κ2) is 5.47. The van der Waals surface area contributed by atoms with Crippen LogP contribution in [-0.4, -0.2) is 14.8 Å². The largest absolute Gasteiger partial charge is 0.344 e. The number of allylic oxidation sites excluding steroid dienone is 2. The number of hydrogen-bond donors (Lipinski definition) is 1. The van der Waals surface area contributed by atoms with Crippen LogP contribution in [0.1, 0.15) is 30.0 Å². The molecule has 0 spiro atoms. The van der Waals surface area contributed by atoms with Gasteiger partial charge in [-0.25, -0.2) is 9.89 Å². The van der Waals surface area contributed by atoms with E-state index in [4.69, 9.17) is 0 Å². The van der Waals surface area contributed by atoms with Gasteiger partial charge in [0.15, 0.2) is 5.16 Å². The Morgan fingerprint density at radius 1 is 1.27 bits per heavy atom. The number of fused-ring (bicyclic) bond motifs is 2. The van der Waals surface area contributed by atoms with Crippen molar-refractivity contribution in [3.05, 3.63) is 58.0 Å². The van der Waals surface area contributed by atoms with E-state index in [1.165, 1.54) is 17.5 Å². The van der Waals surface area contributed by atoms with Crippen molar-refractivity contribution < 1.29 is 0 Å². The first-order valence-electron chi connectivity index (χ1n) is 7.74. The summed E-state index contributed by atoms with van der Waals surface area (Å²) in [6, 6.07) is 8.79. The average Bonchev–Trinajstić information content (AvgIpc) is 3.22. The van der Waals surface area contributed by atoms with Crippen LogP contribution in [0.25, 0.3) is 0 Å². The minimum atomic E-state index is -0.0719. The number of aryl methyl sites for hydroxylation is 1. The second-order valence-corrected chi connectivity index (χ2v) is 7.25. The zero-order valence-electron chi connectivity index (χ0n) is 12.5. The Balaban J connectivity index is 1.54. The molecule has 0 aliphatic heterocycles. The molecule has 0 radical (unpaired) electrons. The van der Waals surface area contributed by atoms with E-state index in [1.807, 2.05) is 4.57 Å². The van der Waals surface area contributed by atoms with Crippen LogP contribution in [0.15, 0.2) is 46.4 Å². The standard InChI is InChI=1S/C17H19N3OS/c1-11-2-4-12(5-3-11)10-22-17-19-18-16(21)20(17)15-9-13-6-7-14(15)8-13/h2-7,13-15H,8-10H2,1H3,(H,18,21)/t13-,14-,15+/m1/s1. The third-order valence-corrected chi connectivity index (χ3v) is 5.76. The van der Waals surface area contributed by atoms with Crippen LogP contribution < -0.4 is 5.69 Å². The highest BCUT2D eigenvalue weighted by molar-refractivity contribution is 7.98. The maximum Gasteiger partial charge on any atom is 0.344 e. The molecule has 1 fully saturated rings. The topological polar surface area (TPSA) is 50.7 Å². The van der Waals surface area contributed by atoms with Crippen molar-refractivity contribution in [3.8, 4) is 0 Å². The van der Waals surface area contributed by atoms with E-state index in [1.54, 1.807) is 11.8 Å². The summed E-state index contributed by atoms with van der Waals surface area (Å²) in [5.74, 6) is 1.98. The van der Waals surface area contributed by atoms with Crippen LogP contribution in [0.2, 0.25) is 0 Å². The Morgan fingerprint density at radius 3 is 2.77 bits per heavy atom. The number of aromatic nitrogens is 3. The van der Waals surface area contributed by atoms with E-state index >= 15 is 0 Å². The van der Waals surface area contributed by atoms with E-state index in [2.05, 4.69) is 53.5 Å². The van der Waals surface area contributed by atoms with Crippen LogP contribution in [0.5, 0.6) is 0 Å². The van der Waals surface area contributed by atoms with Gasteiger partial charge in [-0.3, -0.25) is 4.57 Å². The number of thioether (sulfide) groups is 1. The molecule has 0 saturated heterocycles. The van der Waals surface area contributed by atoms with Gasteiger partial charge in [-0.2, -0.15) is 0 Å². The lowest BCUT2D eigenvalue weighted by Gasteiger charge is -2.20. The zero-order valence-corrected chi connectivity index (χ0v) is 13.3. The number of hydrogen-bond acceptors (Lipinski definition) is 3. The van der Waals surface area contributed by atoms with Gasteiger partial charge in [0.05, 0.1) is 0 Å². The smallest absolute Gasteiger partial charge is 0.266 e. The van der Waals surface area contributed by atoms with Crippen LogP contribution >= 0.6 is 11.8 Å². The molecule has 1 heterocycles. The maximum absolute atomic E-state index is 12.2. The van der Waals surface area contributed by atoms with Crippen molar-refractivity contribution in [2.75, 3.05) is 0 Å². The first kappa shape index (κ1) is 13.9. The SMILES string of the molecule is Cc1ccc(CSc2n[nH]c(=O)n2[C@H]2C[C@@H]3C=C[C@@H]2C3)cc1. The fourth-order valence-corrected chi connectivity index (χ4v) is 4.52. The van der Waals surface area contributed by atoms with E-state index in [-0.39, 0.29) is 11.7 Å². The summed E-state index contributed by atoms with van der Waals surface area (Å²) >= 11 is 1.64. The molecule has 3 atom stereocenters. The minimum absolute atomic E-state index is 0.0719. The summed E-state index contributed by atoms with van der Waals surface area (Å²) in [6.45, 7) is 2.09. The molecule has 22 heavy (non-hydrogen) atoms. The molecule has 2 aliphatic rings. The summed E-state index contributed by atoms with van der Waals surface area (Å²) in [5, 5.41) is 7.69. The molecule has 1 aromatic heterocycles. The van der Waals surface area contributed by atoms with Crippen LogP contribution in [-0.2, 0) is 5.75 Å². The fourth-order valence-electron chi connectivity index (χ4n) is 3.57. The molecule has 0 unspecified atom stereocenters. The third-order valence-electron chi connectivity index (χ3n) is 4.74. The van der Waals surface area contributed by atoms with Crippen molar-refractivity contribution in [3.63, 3.8) is 0 Å². The molecule has 1 N–H and O–H groups in total. The van der Waals surface area contributed by atoms with Gasteiger partial charge in [0.1, 0.15) is 0 Å². The highest BCUT2D eigenvalue weighted by Gasteiger charge is 2.38. The van der Waals surface area contributed by atoms with Gasteiger partial charge in [0.25, 0.3) is 0 Å². The number of nitrogens with one attached hydrogen (secondary N) is 1. The molecule has 4 rings (SSSR count). The molecule has 4 nitrogen and oxygen atoms in total. The van der Waals surface area contributed by atoms with Gasteiger partial charge in [-0.1, -0.05) is 53.7 Å². The first-order chi connectivity index (χ1) is 10.7.